The van der Waals surface area contributed by atoms with Crippen LogP contribution in [0, 0.1) is 0 Å². The predicted octanol–water partition coefficient (Wildman–Crippen LogP) is 4.72. The average Bonchev–Trinajstić information content (AvgIpc) is 3.34. The monoisotopic (exact) mass is 598 g/mol. The van der Waals surface area contributed by atoms with E-state index in [2.05, 4.69) is 15.3 Å². The zero-order valence-corrected chi connectivity index (χ0v) is 24.1. The molecule has 2 aromatic heterocycles. The minimum atomic E-state index is -5.10. The van der Waals surface area contributed by atoms with E-state index in [1.807, 2.05) is 36.1 Å². The summed E-state index contributed by atoms with van der Waals surface area (Å²) in [5.41, 5.74) is -3.13. The zero-order valence-electron chi connectivity index (χ0n) is 23.3. The van der Waals surface area contributed by atoms with Crippen LogP contribution in [0.25, 0.3) is 20.8 Å². The van der Waals surface area contributed by atoms with Gasteiger partial charge in [-0.2, -0.15) is 23.2 Å². The summed E-state index contributed by atoms with van der Waals surface area (Å²) in [6.45, 7) is 1.81. The SMILES string of the molecule is CCCCC(CN(O)C(C)(O)C(F)(F)F)Nc1nc(N(C)C2CCC(O)CC2)[nH]c(=O)c1-c1nc2ccccc2s1. The van der Waals surface area contributed by atoms with E-state index in [9.17, 15) is 33.4 Å². The number of hydrogen-bond acceptors (Lipinski definition) is 10. The quantitative estimate of drug-likeness (QED) is 0.157. The van der Waals surface area contributed by atoms with Crippen molar-refractivity contribution in [3.05, 3.63) is 34.6 Å². The topological polar surface area (TPSA) is 138 Å². The molecule has 41 heavy (non-hydrogen) atoms. The molecular weight excluding hydrogens is 561 g/mol. The molecule has 1 aliphatic carbocycles. The average molecular weight is 599 g/mol. The van der Waals surface area contributed by atoms with Crippen molar-refractivity contribution in [2.45, 2.75) is 88.9 Å². The number of halogens is 3. The molecule has 0 aliphatic heterocycles. The van der Waals surface area contributed by atoms with Crippen LogP contribution in [0.15, 0.2) is 29.1 Å². The third-order valence-electron chi connectivity index (χ3n) is 7.64. The molecule has 2 atom stereocenters. The van der Waals surface area contributed by atoms with Gasteiger partial charge in [0.25, 0.3) is 5.56 Å². The number of unbranched alkanes of at least 4 members (excludes halogenated alkanes) is 1. The summed E-state index contributed by atoms with van der Waals surface area (Å²) in [6, 6.07) is 6.59. The minimum absolute atomic E-state index is 0.0217. The molecule has 5 N–H and O–H groups in total. The van der Waals surface area contributed by atoms with Crippen LogP contribution in [0.5, 0.6) is 0 Å². The second-order valence-electron chi connectivity index (χ2n) is 10.8. The van der Waals surface area contributed by atoms with Crippen LogP contribution in [0.3, 0.4) is 0 Å². The maximum atomic E-state index is 13.6. The van der Waals surface area contributed by atoms with Gasteiger partial charge in [0.05, 0.1) is 16.3 Å². The number of aliphatic hydroxyl groups excluding tert-OH is 1. The van der Waals surface area contributed by atoms with E-state index in [4.69, 9.17) is 4.98 Å². The molecule has 1 saturated carbocycles. The standard InChI is InChI=1S/C27H37F3N6O4S/c1-4-5-8-16(15-36(40)26(2,39)27(28,29)30)31-22-21(24-32-19-9-6-7-10-20(19)41-24)23(38)34-25(33-22)35(3)17-11-13-18(37)14-12-17/h6-7,9-10,16-18,37,39-40H,4-5,8,11-15H2,1-3H3,(H2,31,33,34,38). The smallest absolute Gasteiger partial charge is 0.393 e. The highest BCUT2D eigenvalue weighted by atomic mass is 32.1. The van der Waals surface area contributed by atoms with Gasteiger partial charge in [-0.25, -0.2) is 4.98 Å². The number of hydroxylamine groups is 2. The van der Waals surface area contributed by atoms with Crippen LogP contribution in [0.1, 0.15) is 58.8 Å². The highest BCUT2D eigenvalue weighted by Crippen LogP contribution is 2.35. The molecular formula is C27H37F3N6O4S. The Kier molecular flexibility index (Phi) is 9.59. The van der Waals surface area contributed by atoms with Gasteiger partial charge in [0, 0.05) is 25.7 Å². The number of nitrogens with zero attached hydrogens (tertiary/aromatic N) is 4. The highest BCUT2D eigenvalue weighted by molar-refractivity contribution is 7.21. The first kappa shape index (κ1) is 31.2. The van der Waals surface area contributed by atoms with Crippen LogP contribution in [-0.2, 0) is 0 Å². The Morgan fingerprint density at radius 1 is 1.20 bits per heavy atom. The molecule has 14 heteroatoms. The van der Waals surface area contributed by atoms with Crippen LogP contribution in [0.2, 0.25) is 0 Å². The number of nitrogens with one attached hydrogen (secondary N) is 2. The molecule has 0 saturated heterocycles. The van der Waals surface area contributed by atoms with Crippen molar-refractivity contribution in [1.82, 2.24) is 20.0 Å². The number of anilines is 2. The summed E-state index contributed by atoms with van der Waals surface area (Å²) < 4.78 is 41.2. The number of alkyl halides is 3. The lowest BCUT2D eigenvalue weighted by molar-refractivity contribution is -0.372. The van der Waals surface area contributed by atoms with Crippen LogP contribution < -0.4 is 15.8 Å². The Hall–Kier alpha value is -2.78. The molecule has 2 unspecified atom stereocenters. The molecule has 0 bridgehead atoms. The van der Waals surface area contributed by atoms with Gasteiger partial charge in [-0.1, -0.05) is 31.9 Å². The largest absolute Gasteiger partial charge is 0.432 e. The lowest BCUT2D eigenvalue weighted by Crippen LogP contribution is -2.57. The maximum Gasteiger partial charge on any atom is 0.432 e. The Morgan fingerprint density at radius 2 is 1.88 bits per heavy atom. The number of rotatable bonds is 11. The number of benzene rings is 1. The molecule has 0 radical (unpaired) electrons. The molecule has 10 nitrogen and oxygen atoms in total. The maximum absolute atomic E-state index is 13.6. The molecule has 1 aromatic carbocycles. The first-order chi connectivity index (χ1) is 19.3. The predicted molar refractivity (Wildman–Crippen MR) is 152 cm³/mol. The Morgan fingerprint density at radius 3 is 2.51 bits per heavy atom. The van der Waals surface area contributed by atoms with E-state index in [0.29, 0.717) is 56.0 Å². The summed E-state index contributed by atoms with van der Waals surface area (Å²) in [5, 5.41) is 33.6. The van der Waals surface area contributed by atoms with Crippen molar-refractivity contribution >= 4 is 33.3 Å². The van der Waals surface area contributed by atoms with Gasteiger partial charge in [0.15, 0.2) is 0 Å². The molecule has 4 rings (SSSR count). The number of para-hydroxylation sites is 1. The fraction of sp³-hybridized carbons (Fsp3) is 0.593. The van der Waals surface area contributed by atoms with E-state index in [0.717, 1.165) is 11.1 Å². The second kappa shape index (κ2) is 12.6. The van der Waals surface area contributed by atoms with E-state index < -0.39 is 30.0 Å². The Labute approximate surface area is 239 Å². The molecule has 3 aromatic rings. The number of thiazole rings is 1. The number of fused-ring (bicyclic) bond motifs is 1. The summed E-state index contributed by atoms with van der Waals surface area (Å²) in [6.07, 6.45) is -1.14. The fourth-order valence-electron chi connectivity index (χ4n) is 4.91. The molecule has 2 heterocycles. The molecule has 1 aliphatic rings. The van der Waals surface area contributed by atoms with Gasteiger partial charge in [0.2, 0.25) is 11.7 Å². The summed E-state index contributed by atoms with van der Waals surface area (Å²) in [7, 11) is 1.80. The molecule has 0 spiro atoms. The third kappa shape index (κ3) is 7.00. The van der Waals surface area contributed by atoms with Crippen molar-refractivity contribution in [3.63, 3.8) is 0 Å². The number of aromatic nitrogens is 3. The van der Waals surface area contributed by atoms with E-state index in [1.165, 1.54) is 11.3 Å². The fourth-order valence-corrected chi connectivity index (χ4v) is 5.92. The molecule has 0 amide bonds. The van der Waals surface area contributed by atoms with Crippen LogP contribution >= 0.6 is 11.3 Å². The number of hydrogen-bond donors (Lipinski definition) is 5. The van der Waals surface area contributed by atoms with Gasteiger partial charge in [-0.15, -0.1) is 11.3 Å². The number of aromatic amines is 1. The first-order valence-electron chi connectivity index (χ1n) is 13.7. The van der Waals surface area contributed by atoms with Crippen LogP contribution in [0.4, 0.5) is 24.9 Å². The number of aliphatic hydroxyl groups is 2. The third-order valence-corrected chi connectivity index (χ3v) is 8.70. The van der Waals surface area contributed by atoms with Gasteiger partial charge in [0.1, 0.15) is 16.4 Å². The van der Waals surface area contributed by atoms with Gasteiger partial charge in [-0.05, 0) is 51.2 Å². The van der Waals surface area contributed by atoms with Crippen LogP contribution in [-0.4, -0.2) is 79.1 Å². The molecule has 226 valence electrons. The van der Waals surface area contributed by atoms with E-state index >= 15 is 0 Å². The summed E-state index contributed by atoms with van der Waals surface area (Å²) >= 11 is 1.29. The van der Waals surface area contributed by atoms with Crippen molar-refractivity contribution in [2.75, 3.05) is 23.8 Å². The Bertz CT molecular complexity index is 1340. The second-order valence-corrected chi connectivity index (χ2v) is 11.8. The van der Waals surface area contributed by atoms with Gasteiger partial charge < -0.3 is 25.6 Å². The zero-order chi connectivity index (χ0) is 29.9. The highest BCUT2D eigenvalue weighted by Gasteiger charge is 2.54. The van der Waals surface area contributed by atoms with Gasteiger partial charge >= 0.3 is 6.18 Å². The minimum Gasteiger partial charge on any atom is -0.393 e. The van der Waals surface area contributed by atoms with Crippen molar-refractivity contribution in [1.29, 1.82) is 0 Å². The van der Waals surface area contributed by atoms with Crippen molar-refractivity contribution in [3.8, 4) is 10.6 Å². The van der Waals surface area contributed by atoms with E-state index in [1.54, 1.807) is 7.05 Å². The van der Waals surface area contributed by atoms with E-state index in [-0.39, 0.29) is 34.5 Å². The summed E-state index contributed by atoms with van der Waals surface area (Å²) in [4.78, 5) is 27.6. The first-order valence-corrected chi connectivity index (χ1v) is 14.6. The molecule has 1 fully saturated rings. The number of H-pyrrole nitrogens is 1. The van der Waals surface area contributed by atoms with Crippen molar-refractivity contribution < 1.29 is 28.6 Å². The van der Waals surface area contributed by atoms with Gasteiger partial charge in [-0.3, -0.25) is 9.78 Å². The lowest BCUT2D eigenvalue weighted by atomic mass is 9.92. The Balaban J connectivity index is 1.75. The lowest BCUT2D eigenvalue weighted by Gasteiger charge is -2.36. The van der Waals surface area contributed by atoms with Crippen molar-refractivity contribution in [2.24, 2.45) is 0 Å². The summed E-state index contributed by atoms with van der Waals surface area (Å²) in [5.74, 6) is 0.382. The normalized spacial score (nSPS) is 20.2.